The molecule has 2 aromatic heterocycles. The standard InChI is InChI=1S/C11H13N5O2/c1-6-3-7(2)16-10(12-6)13-11(14-16)15-5-8(17)4-9(15)18/h3,8,17H,4-5H2,1-2H3. The van der Waals surface area contributed by atoms with Crippen molar-refractivity contribution in [3.05, 3.63) is 17.5 Å². The number of anilines is 1. The van der Waals surface area contributed by atoms with E-state index in [1.165, 1.54) is 4.90 Å². The van der Waals surface area contributed by atoms with Gasteiger partial charge in [-0.05, 0) is 19.9 Å². The highest BCUT2D eigenvalue weighted by atomic mass is 16.3. The van der Waals surface area contributed by atoms with Gasteiger partial charge in [0.05, 0.1) is 19.1 Å². The number of rotatable bonds is 1. The highest BCUT2D eigenvalue weighted by molar-refractivity contribution is 5.94. The molecule has 18 heavy (non-hydrogen) atoms. The normalized spacial score (nSPS) is 20.1. The summed E-state index contributed by atoms with van der Waals surface area (Å²) in [5.41, 5.74) is 1.76. The SMILES string of the molecule is Cc1cc(C)n2nc(N3CC(O)CC3=O)nc2n1. The zero-order valence-corrected chi connectivity index (χ0v) is 10.2. The number of aliphatic hydroxyl groups is 1. The average Bonchev–Trinajstić information content (AvgIpc) is 2.81. The van der Waals surface area contributed by atoms with Crippen LogP contribution in [0.2, 0.25) is 0 Å². The third-order valence-corrected chi connectivity index (χ3v) is 2.95. The van der Waals surface area contributed by atoms with E-state index in [0.717, 1.165) is 11.4 Å². The van der Waals surface area contributed by atoms with Crippen LogP contribution in [0.1, 0.15) is 17.8 Å². The Morgan fingerprint density at radius 2 is 2.17 bits per heavy atom. The molecule has 1 N–H and O–H groups in total. The Hall–Kier alpha value is -2.02. The summed E-state index contributed by atoms with van der Waals surface area (Å²) in [6.07, 6.45) is -0.513. The zero-order valence-electron chi connectivity index (χ0n) is 10.2. The van der Waals surface area contributed by atoms with E-state index in [1.807, 2.05) is 19.9 Å². The summed E-state index contributed by atoms with van der Waals surface area (Å²) < 4.78 is 1.60. The first kappa shape index (κ1) is 11.1. The molecule has 1 fully saturated rings. The molecule has 1 amide bonds. The van der Waals surface area contributed by atoms with E-state index in [2.05, 4.69) is 15.1 Å². The van der Waals surface area contributed by atoms with Gasteiger partial charge in [-0.3, -0.25) is 9.69 Å². The maximum atomic E-state index is 11.7. The van der Waals surface area contributed by atoms with Crippen LogP contribution in [0.3, 0.4) is 0 Å². The van der Waals surface area contributed by atoms with Crippen molar-refractivity contribution in [3.63, 3.8) is 0 Å². The minimum absolute atomic E-state index is 0.126. The minimum atomic E-state index is -0.639. The van der Waals surface area contributed by atoms with Crippen molar-refractivity contribution in [2.75, 3.05) is 11.4 Å². The summed E-state index contributed by atoms with van der Waals surface area (Å²) in [6.45, 7) is 4.03. The number of β-amino-alcohol motifs (C(OH)–C–C–N with tert-alkyl or cyclic N) is 1. The molecule has 0 saturated carbocycles. The smallest absolute Gasteiger partial charge is 0.254 e. The maximum Gasteiger partial charge on any atom is 0.254 e. The van der Waals surface area contributed by atoms with Crippen LogP contribution in [0.15, 0.2) is 6.07 Å². The topological polar surface area (TPSA) is 83.6 Å². The van der Waals surface area contributed by atoms with Gasteiger partial charge in [-0.2, -0.15) is 9.50 Å². The van der Waals surface area contributed by atoms with Gasteiger partial charge >= 0.3 is 0 Å². The number of carbonyl (C=O) groups excluding carboxylic acids is 1. The lowest BCUT2D eigenvalue weighted by atomic mass is 10.3. The Morgan fingerprint density at radius 1 is 1.39 bits per heavy atom. The molecule has 0 spiro atoms. The Kier molecular flexibility index (Phi) is 2.30. The molecule has 1 aliphatic rings. The van der Waals surface area contributed by atoms with Gasteiger partial charge in [-0.25, -0.2) is 4.98 Å². The highest BCUT2D eigenvalue weighted by Gasteiger charge is 2.31. The number of aryl methyl sites for hydroxylation is 2. The van der Waals surface area contributed by atoms with Crippen LogP contribution < -0.4 is 4.90 Å². The zero-order chi connectivity index (χ0) is 12.9. The second kappa shape index (κ2) is 3.74. The first-order valence-corrected chi connectivity index (χ1v) is 5.74. The predicted molar refractivity (Wildman–Crippen MR) is 63.2 cm³/mol. The monoisotopic (exact) mass is 247 g/mol. The van der Waals surface area contributed by atoms with Crippen LogP contribution in [-0.2, 0) is 4.79 Å². The van der Waals surface area contributed by atoms with Gasteiger partial charge in [-0.1, -0.05) is 0 Å². The lowest BCUT2D eigenvalue weighted by molar-refractivity contribution is -0.117. The summed E-state index contributed by atoms with van der Waals surface area (Å²) in [7, 11) is 0. The van der Waals surface area contributed by atoms with E-state index in [4.69, 9.17) is 0 Å². The Bertz CT molecular complexity index is 636. The third kappa shape index (κ3) is 1.63. The molecule has 0 aliphatic carbocycles. The Labute approximate surface area is 103 Å². The van der Waals surface area contributed by atoms with E-state index in [9.17, 15) is 9.90 Å². The lowest BCUT2D eigenvalue weighted by Crippen LogP contribution is -2.26. The molecule has 3 heterocycles. The van der Waals surface area contributed by atoms with E-state index in [1.54, 1.807) is 4.52 Å². The summed E-state index contributed by atoms with van der Waals surface area (Å²) in [4.78, 5) is 21.6. The van der Waals surface area contributed by atoms with Crippen molar-refractivity contribution in [2.45, 2.75) is 26.4 Å². The first-order valence-electron chi connectivity index (χ1n) is 5.74. The minimum Gasteiger partial charge on any atom is -0.391 e. The summed E-state index contributed by atoms with van der Waals surface area (Å²) in [5, 5.41) is 13.7. The van der Waals surface area contributed by atoms with Crippen LogP contribution in [0.25, 0.3) is 5.78 Å². The van der Waals surface area contributed by atoms with Crippen LogP contribution in [0, 0.1) is 13.8 Å². The van der Waals surface area contributed by atoms with Crippen molar-refractivity contribution in [1.29, 1.82) is 0 Å². The number of aromatic nitrogens is 4. The van der Waals surface area contributed by atoms with E-state index < -0.39 is 6.10 Å². The predicted octanol–water partition coefficient (Wildman–Crippen LogP) is -0.161. The second-order valence-corrected chi connectivity index (χ2v) is 4.52. The van der Waals surface area contributed by atoms with Gasteiger partial charge in [0.15, 0.2) is 0 Å². The number of nitrogens with zero attached hydrogens (tertiary/aromatic N) is 5. The molecule has 7 heteroatoms. The maximum absolute atomic E-state index is 11.7. The number of hydrogen-bond donors (Lipinski definition) is 1. The van der Waals surface area contributed by atoms with Crippen molar-refractivity contribution in [3.8, 4) is 0 Å². The molecule has 2 aromatic rings. The fourth-order valence-corrected chi connectivity index (χ4v) is 2.15. The van der Waals surface area contributed by atoms with Crippen LogP contribution >= 0.6 is 0 Å². The number of hydrogen-bond acceptors (Lipinski definition) is 5. The number of fused-ring (bicyclic) bond motifs is 1. The van der Waals surface area contributed by atoms with Gasteiger partial charge in [0.2, 0.25) is 5.91 Å². The largest absolute Gasteiger partial charge is 0.391 e. The van der Waals surface area contributed by atoms with Crippen LogP contribution in [0.5, 0.6) is 0 Å². The summed E-state index contributed by atoms with van der Waals surface area (Å²) >= 11 is 0. The van der Waals surface area contributed by atoms with Gasteiger partial charge in [0.25, 0.3) is 11.7 Å². The molecule has 1 unspecified atom stereocenters. The van der Waals surface area contributed by atoms with Gasteiger partial charge in [0, 0.05) is 11.4 Å². The quantitative estimate of drug-likeness (QED) is 0.757. The van der Waals surface area contributed by atoms with Crippen LogP contribution in [-0.4, -0.2) is 43.2 Å². The highest BCUT2D eigenvalue weighted by Crippen LogP contribution is 2.18. The molecular formula is C11H13N5O2. The number of carbonyl (C=O) groups is 1. The fourth-order valence-electron chi connectivity index (χ4n) is 2.15. The second-order valence-electron chi connectivity index (χ2n) is 4.52. The van der Waals surface area contributed by atoms with Crippen molar-refractivity contribution in [1.82, 2.24) is 19.6 Å². The van der Waals surface area contributed by atoms with E-state index in [0.29, 0.717) is 11.7 Å². The molecule has 0 radical (unpaired) electrons. The summed E-state index contributed by atoms with van der Waals surface area (Å²) in [5.74, 6) is 0.613. The Balaban J connectivity index is 2.09. The average molecular weight is 247 g/mol. The van der Waals surface area contributed by atoms with Gasteiger partial charge in [0.1, 0.15) is 0 Å². The van der Waals surface area contributed by atoms with E-state index >= 15 is 0 Å². The third-order valence-electron chi connectivity index (χ3n) is 2.95. The molecule has 1 atom stereocenters. The molecule has 7 nitrogen and oxygen atoms in total. The molecule has 0 bridgehead atoms. The van der Waals surface area contributed by atoms with Gasteiger partial charge in [-0.15, -0.1) is 5.10 Å². The molecule has 0 aromatic carbocycles. The number of amides is 1. The molecule has 3 rings (SSSR count). The number of aliphatic hydroxyl groups excluding tert-OH is 1. The van der Waals surface area contributed by atoms with Crippen molar-refractivity contribution < 1.29 is 9.90 Å². The van der Waals surface area contributed by atoms with E-state index in [-0.39, 0.29) is 18.9 Å². The van der Waals surface area contributed by atoms with Crippen molar-refractivity contribution >= 4 is 17.6 Å². The van der Waals surface area contributed by atoms with Gasteiger partial charge < -0.3 is 5.11 Å². The fraction of sp³-hybridized carbons (Fsp3) is 0.455. The molecule has 1 aliphatic heterocycles. The van der Waals surface area contributed by atoms with Crippen LogP contribution in [0.4, 0.5) is 5.95 Å². The van der Waals surface area contributed by atoms with Crippen molar-refractivity contribution in [2.24, 2.45) is 0 Å². The molecule has 94 valence electrons. The first-order chi connectivity index (χ1) is 8.54. The molecular weight excluding hydrogens is 234 g/mol. The Morgan fingerprint density at radius 3 is 2.83 bits per heavy atom. The molecule has 1 saturated heterocycles. The summed E-state index contributed by atoms with van der Waals surface area (Å²) in [6, 6.07) is 1.89. The lowest BCUT2D eigenvalue weighted by Gasteiger charge is -2.09.